The van der Waals surface area contributed by atoms with Gasteiger partial charge in [-0.1, -0.05) is 55.2 Å². The Balaban J connectivity index is 1.21. The summed E-state index contributed by atoms with van der Waals surface area (Å²) in [4.78, 5) is 12.1. The smallest absolute Gasteiger partial charge is 0.307 e. The Morgan fingerprint density at radius 2 is 1.94 bits per heavy atom. The van der Waals surface area contributed by atoms with E-state index >= 15 is 0 Å². The van der Waals surface area contributed by atoms with Crippen molar-refractivity contribution in [3.8, 4) is 17.6 Å². The lowest BCUT2D eigenvalue weighted by molar-refractivity contribution is -0.142. The van der Waals surface area contributed by atoms with E-state index in [-0.39, 0.29) is 18.0 Å². The van der Waals surface area contributed by atoms with Crippen LogP contribution in [0.1, 0.15) is 68.1 Å². The highest BCUT2D eigenvalue weighted by atomic mass is 16.5. The minimum Gasteiger partial charge on any atom is -0.497 e. The molecule has 4 heteroatoms. The number of ether oxygens (including phenoxy) is 2. The molecule has 2 aromatic carbocycles. The highest BCUT2D eigenvalue weighted by Crippen LogP contribution is 2.64. The van der Waals surface area contributed by atoms with Gasteiger partial charge in [0, 0.05) is 11.8 Å². The van der Waals surface area contributed by atoms with Gasteiger partial charge in [0.2, 0.25) is 0 Å². The van der Waals surface area contributed by atoms with E-state index in [1.165, 1.54) is 11.1 Å². The maximum Gasteiger partial charge on any atom is 0.307 e. The molecule has 3 aliphatic rings. The van der Waals surface area contributed by atoms with Gasteiger partial charge in [-0.3, -0.25) is 4.79 Å². The standard InChI is InChI=1S/C31H36O4/c1-30-18-15-26-25-13-11-24(34-2)21-23(25)10-12-27(26)28(30)16-19-31(30,33)17-6-20-35-29(32)14-9-22-7-4-3-5-8-22/h3-5,7-8,11,13,21,26-28,33H,9-10,12,14-16,18-20H2,1-2H3/t26-,27-,28+,30+,31+/m1/s1. The first-order valence-electron chi connectivity index (χ1n) is 13.0. The van der Waals surface area contributed by atoms with Crippen LogP contribution in [-0.4, -0.2) is 30.4 Å². The number of aliphatic hydroxyl groups is 1. The molecule has 35 heavy (non-hydrogen) atoms. The predicted octanol–water partition coefficient (Wildman–Crippen LogP) is 5.46. The van der Waals surface area contributed by atoms with Crippen LogP contribution >= 0.6 is 0 Å². The molecule has 0 amide bonds. The van der Waals surface area contributed by atoms with Crippen LogP contribution in [0.2, 0.25) is 0 Å². The molecule has 4 nitrogen and oxygen atoms in total. The molecule has 184 valence electrons. The number of carbonyl (C=O) groups excluding carboxylic acids is 1. The van der Waals surface area contributed by atoms with Crippen LogP contribution < -0.4 is 4.74 Å². The topological polar surface area (TPSA) is 55.8 Å². The summed E-state index contributed by atoms with van der Waals surface area (Å²) < 4.78 is 10.8. The second kappa shape index (κ2) is 9.70. The third kappa shape index (κ3) is 4.47. The zero-order valence-electron chi connectivity index (χ0n) is 20.9. The molecular formula is C31H36O4. The zero-order chi connectivity index (χ0) is 24.5. The van der Waals surface area contributed by atoms with Gasteiger partial charge >= 0.3 is 5.97 Å². The Hall–Kier alpha value is -2.77. The second-order valence-corrected chi connectivity index (χ2v) is 10.8. The third-order valence-electron chi connectivity index (χ3n) is 9.15. The first kappa shape index (κ1) is 23.9. The van der Waals surface area contributed by atoms with Gasteiger partial charge in [-0.15, -0.1) is 0 Å². The molecule has 0 bridgehead atoms. The molecular weight excluding hydrogens is 436 g/mol. The number of methoxy groups -OCH3 is 1. The lowest BCUT2D eigenvalue weighted by atomic mass is 9.53. The van der Waals surface area contributed by atoms with Crippen molar-refractivity contribution in [1.82, 2.24) is 0 Å². The largest absolute Gasteiger partial charge is 0.497 e. The van der Waals surface area contributed by atoms with Crippen molar-refractivity contribution in [2.45, 2.75) is 69.8 Å². The molecule has 0 spiro atoms. The highest BCUT2D eigenvalue weighted by molar-refractivity contribution is 5.69. The molecule has 0 radical (unpaired) electrons. The Kier molecular flexibility index (Phi) is 6.64. The Morgan fingerprint density at radius 1 is 1.11 bits per heavy atom. The summed E-state index contributed by atoms with van der Waals surface area (Å²) in [5, 5.41) is 11.7. The van der Waals surface area contributed by atoms with Crippen molar-refractivity contribution in [1.29, 1.82) is 0 Å². The van der Waals surface area contributed by atoms with Crippen LogP contribution in [0.25, 0.3) is 0 Å². The Bertz CT molecular complexity index is 1130. The van der Waals surface area contributed by atoms with Crippen LogP contribution in [0.3, 0.4) is 0 Å². The second-order valence-electron chi connectivity index (χ2n) is 10.8. The number of hydrogen-bond donors (Lipinski definition) is 1. The summed E-state index contributed by atoms with van der Waals surface area (Å²) in [5.74, 6) is 8.47. The van der Waals surface area contributed by atoms with E-state index in [4.69, 9.17) is 9.47 Å². The first-order chi connectivity index (χ1) is 16.9. The number of esters is 1. The SMILES string of the molecule is COc1ccc2c(c1)CC[C@@H]1[C@@H]2CC[C@@]2(C)[C@H]1CC[C@@]2(O)C#CCOC(=O)CCc1ccccc1. The summed E-state index contributed by atoms with van der Waals surface area (Å²) in [5.41, 5.74) is 2.79. The van der Waals surface area contributed by atoms with E-state index < -0.39 is 5.60 Å². The van der Waals surface area contributed by atoms with Crippen molar-refractivity contribution in [2.24, 2.45) is 17.3 Å². The van der Waals surface area contributed by atoms with E-state index in [0.29, 0.717) is 37.0 Å². The van der Waals surface area contributed by atoms with Crippen molar-refractivity contribution < 1.29 is 19.4 Å². The molecule has 0 aliphatic heterocycles. The van der Waals surface area contributed by atoms with Crippen LogP contribution in [0.15, 0.2) is 48.5 Å². The lowest BCUT2D eigenvalue weighted by Crippen LogP contribution is -2.50. The monoisotopic (exact) mass is 472 g/mol. The van der Waals surface area contributed by atoms with E-state index in [2.05, 4.69) is 37.0 Å². The van der Waals surface area contributed by atoms with Crippen molar-refractivity contribution in [3.63, 3.8) is 0 Å². The fourth-order valence-corrected chi connectivity index (χ4v) is 7.17. The van der Waals surface area contributed by atoms with Crippen LogP contribution in [0.5, 0.6) is 5.75 Å². The molecule has 0 aromatic heterocycles. The van der Waals surface area contributed by atoms with Gasteiger partial charge in [0.25, 0.3) is 0 Å². The normalized spacial score (nSPS) is 30.8. The van der Waals surface area contributed by atoms with Gasteiger partial charge in [-0.05, 0) is 91.5 Å². The summed E-state index contributed by atoms with van der Waals surface area (Å²) >= 11 is 0. The third-order valence-corrected chi connectivity index (χ3v) is 9.15. The van der Waals surface area contributed by atoms with E-state index in [9.17, 15) is 9.90 Å². The van der Waals surface area contributed by atoms with Gasteiger partial charge in [-0.2, -0.15) is 0 Å². The molecule has 2 fully saturated rings. The molecule has 0 heterocycles. The fraction of sp³-hybridized carbons (Fsp3) is 0.516. The number of fused-ring (bicyclic) bond motifs is 5. The number of hydrogen-bond acceptors (Lipinski definition) is 4. The van der Waals surface area contributed by atoms with Crippen molar-refractivity contribution in [3.05, 3.63) is 65.2 Å². The van der Waals surface area contributed by atoms with Crippen LogP contribution in [0.4, 0.5) is 0 Å². The molecule has 0 saturated heterocycles. The molecule has 2 saturated carbocycles. The van der Waals surface area contributed by atoms with E-state index in [1.807, 2.05) is 30.3 Å². The van der Waals surface area contributed by atoms with Gasteiger partial charge in [0.1, 0.15) is 11.4 Å². The van der Waals surface area contributed by atoms with Crippen LogP contribution in [0, 0.1) is 29.1 Å². The predicted molar refractivity (Wildman–Crippen MR) is 136 cm³/mol. The maximum absolute atomic E-state index is 12.1. The highest BCUT2D eigenvalue weighted by Gasteiger charge is 2.61. The van der Waals surface area contributed by atoms with Gasteiger partial charge in [-0.25, -0.2) is 0 Å². The van der Waals surface area contributed by atoms with E-state index in [1.54, 1.807) is 7.11 Å². The summed E-state index contributed by atoms with van der Waals surface area (Å²) in [7, 11) is 1.73. The summed E-state index contributed by atoms with van der Waals surface area (Å²) in [6, 6.07) is 16.5. The van der Waals surface area contributed by atoms with Crippen molar-refractivity contribution in [2.75, 3.05) is 13.7 Å². The number of carbonyl (C=O) groups is 1. The molecule has 0 unspecified atom stereocenters. The first-order valence-corrected chi connectivity index (χ1v) is 13.0. The van der Waals surface area contributed by atoms with Gasteiger partial charge in [0.15, 0.2) is 6.61 Å². The van der Waals surface area contributed by atoms with Gasteiger partial charge < -0.3 is 14.6 Å². The van der Waals surface area contributed by atoms with Crippen LogP contribution in [-0.2, 0) is 22.4 Å². The average Bonchev–Trinajstić information content (AvgIpc) is 3.16. The zero-order valence-corrected chi connectivity index (χ0v) is 20.9. The minimum atomic E-state index is -1.01. The molecule has 3 aliphatic carbocycles. The number of aryl methyl sites for hydroxylation is 2. The van der Waals surface area contributed by atoms with Gasteiger partial charge in [0.05, 0.1) is 7.11 Å². The molecule has 1 N–H and O–H groups in total. The maximum atomic E-state index is 12.1. The number of rotatable bonds is 5. The van der Waals surface area contributed by atoms with Crippen molar-refractivity contribution >= 4 is 5.97 Å². The van der Waals surface area contributed by atoms with E-state index in [0.717, 1.165) is 43.4 Å². The molecule has 5 atom stereocenters. The lowest BCUT2D eigenvalue weighted by Gasteiger charge is -2.52. The minimum absolute atomic E-state index is 0.0396. The summed E-state index contributed by atoms with van der Waals surface area (Å²) in [6.45, 7) is 2.28. The average molecular weight is 473 g/mol. The molecule has 2 aromatic rings. The Morgan fingerprint density at radius 3 is 2.74 bits per heavy atom. The fourth-order valence-electron chi connectivity index (χ4n) is 7.17. The quantitative estimate of drug-likeness (QED) is 0.464. The summed E-state index contributed by atoms with van der Waals surface area (Å²) in [6.07, 6.45) is 6.98. The number of benzene rings is 2. The Labute approximate surface area is 209 Å². The molecule has 5 rings (SSSR count).